The molecule has 0 bridgehead atoms. The van der Waals surface area contributed by atoms with Crippen LogP contribution in [0.25, 0.3) is 0 Å². The lowest BCUT2D eigenvalue weighted by Gasteiger charge is -2.18. The summed E-state index contributed by atoms with van der Waals surface area (Å²) in [6.07, 6.45) is 1.62. The molecule has 0 aliphatic heterocycles. The minimum absolute atomic E-state index is 0.0298. The fraction of sp³-hybridized carbons (Fsp3) is 0.583. The molecule has 0 aliphatic carbocycles. The van der Waals surface area contributed by atoms with Crippen molar-refractivity contribution in [1.82, 2.24) is 0 Å². The highest BCUT2D eigenvalue weighted by atomic mass is 16.5. The highest BCUT2D eigenvalue weighted by Gasteiger charge is 2.15. The van der Waals surface area contributed by atoms with Gasteiger partial charge in [-0.3, -0.25) is 0 Å². The average Bonchev–Trinajstić information content (AvgIpc) is 2.13. The van der Waals surface area contributed by atoms with E-state index >= 15 is 0 Å². The summed E-state index contributed by atoms with van der Waals surface area (Å²) in [5.74, 6) is -0.394. The molecule has 0 radical (unpaired) electrons. The van der Waals surface area contributed by atoms with Crippen molar-refractivity contribution in [2.24, 2.45) is 5.41 Å². The first-order chi connectivity index (χ1) is 6.87. The van der Waals surface area contributed by atoms with Gasteiger partial charge in [-0.05, 0) is 5.41 Å². The first-order valence-corrected chi connectivity index (χ1v) is 4.90. The average molecular weight is 212 g/mol. The lowest BCUT2D eigenvalue weighted by atomic mass is 9.99. The first-order valence-electron chi connectivity index (χ1n) is 4.90. The second-order valence-electron chi connectivity index (χ2n) is 4.54. The largest absolute Gasteiger partial charge is 0.462 e. The van der Waals surface area contributed by atoms with E-state index in [-0.39, 0.29) is 12.0 Å². The van der Waals surface area contributed by atoms with Gasteiger partial charge in [0.15, 0.2) is 0 Å². The van der Waals surface area contributed by atoms with Gasteiger partial charge in [-0.25, -0.2) is 4.79 Å². The quantitative estimate of drug-likeness (QED) is 0.293. The Morgan fingerprint density at radius 1 is 1.40 bits per heavy atom. The predicted molar refractivity (Wildman–Crippen MR) is 60.6 cm³/mol. The van der Waals surface area contributed by atoms with Gasteiger partial charge in [0.25, 0.3) is 0 Å². The van der Waals surface area contributed by atoms with Crippen molar-refractivity contribution >= 4 is 5.97 Å². The van der Waals surface area contributed by atoms with Crippen molar-refractivity contribution in [2.75, 3.05) is 19.8 Å². The van der Waals surface area contributed by atoms with Crippen molar-refractivity contribution in [1.29, 1.82) is 0 Å². The highest BCUT2D eigenvalue weighted by molar-refractivity contribution is 5.87. The summed E-state index contributed by atoms with van der Waals surface area (Å²) in [4.78, 5) is 11.4. The van der Waals surface area contributed by atoms with Gasteiger partial charge in [-0.1, -0.05) is 33.4 Å². The minimum Gasteiger partial charge on any atom is -0.462 e. The van der Waals surface area contributed by atoms with E-state index in [2.05, 4.69) is 13.2 Å². The van der Waals surface area contributed by atoms with Crippen LogP contribution in [0.15, 0.2) is 24.8 Å². The van der Waals surface area contributed by atoms with Gasteiger partial charge in [-0.15, -0.1) is 6.58 Å². The van der Waals surface area contributed by atoms with Crippen LogP contribution >= 0.6 is 0 Å². The van der Waals surface area contributed by atoms with E-state index in [1.807, 2.05) is 20.8 Å². The summed E-state index contributed by atoms with van der Waals surface area (Å²) < 4.78 is 10.1. The maximum absolute atomic E-state index is 11.4. The normalized spacial score (nSPS) is 10.9. The molecular weight excluding hydrogens is 192 g/mol. The van der Waals surface area contributed by atoms with Crippen LogP contribution in [-0.2, 0) is 14.3 Å². The number of hydrogen-bond acceptors (Lipinski definition) is 3. The van der Waals surface area contributed by atoms with E-state index < -0.39 is 5.97 Å². The van der Waals surface area contributed by atoms with Crippen LogP contribution in [0, 0.1) is 5.41 Å². The van der Waals surface area contributed by atoms with Crippen molar-refractivity contribution in [3.05, 3.63) is 24.8 Å². The van der Waals surface area contributed by atoms with Gasteiger partial charge in [0.2, 0.25) is 0 Å². The Morgan fingerprint density at radius 2 is 2.00 bits per heavy atom. The van der Waals surface area contributed by atoms with Crippen LogP contribution in [-0.4, -0.2) is 25.8 Å². The lowest BCUT2D eigenvalue weighted by molar-refractivity contribution is -0.142. The number of ether oxygens (including phenoxy) is 2. The minimum atomic E-state index is -0.394. The molecule has 0 aliphatic rings. The topological polar surface area (TPSA) is 35.5 Å². The van der Waals surface area contributed by atoms with Crippen LogP contribution in [0.1, 0.15) is 20.8 Å². The van der Waals surface area contributed by atoms with E-state index in [4.69, 9.17) is 9.47 Å². The molecule has 0 saturated heterocycles. The third kappa shape index (κ3) is 7.94. The molecule has 0 spiro atoms. The molecule has 0 aromatic rings. The lowest BCUT2D eigenvalue weighted by Crippen LogP contribution is -2.20. The van der Waals surface area contributed by atoms with Gasteiger partial charge in [0.05, 0.1) is 25.4 Å². The van der Waals surface area contributed by atoms with Gasteiger partial charge in [-0.2, -0.15) is 0 Å². The van der Waals surface area contributed by atoms with Crippen LogP contribution in [0.5, 0.6) is 0 Å². The van der Waals surface area contributed by atoms with Gasteiger partial charge in [0.1, 0.15) is 0 Å². The molecule has 3 nitrogen and oxygen atoms in total. The molecule has 86 valence electrons. The highest BCUT2D eigenvalue weighted by Crippen LogP contribution is 2.13. The molecule has 0 aromatic heterocycles. The van der Waals surface area contributed by atoms with E-state index in [1.54, 1.807) is 6.08 Å². The van der Waals surface area contributed by atoms with Crippen LogP contribution in [0.3, 0.4) is 0 Å². The van der Waals surface area contributed by atoms with Gasteiger partial charge < -0.3 is 9.47 Å². The second kappa shape index (κ2) is 6.40. The molecule has 0 N–H and O–H groups in total. The van der Waals surface area contributed by atoms with E-state index in [0.717, 1.165) is 0 Å². The van der Waals surface area contributed by atoms with E-state index in [1.165, 1.54) is 0 Å². The van der Waals surface area contributed by atoms with Gasteiger partial charge in [0, 0.05) is 0 Å². The molecule has 0 amide bonds. The Balaban J connectivity index is 3.80. The monoisotopic (exact) mass is 212 g/mol. The molecule has 0 fully saturated rings. The Morgan fingerprint density at radius 3 is 2.47 bits per heavy atom. The van der Waals surface area contributed by atoms with Crippen molar-refractivity contribution in [3.63, 3.8) is 0 Å². The summed E-state index contributed by atoms with van der Waals surface area (Å²) in [6, 6.07) is 0. The number of rotatable bonds is 6. The maximum atomic E-state index is 11.4. The molecular formula is C12H20O3. The Labute approximate surface area is 91.8 Å². The summed E-state index contributed by atoms with van der Waals surface area (Å²) in [5.41, 5.74) is 0.305. The van der Waals surface area contributed by atoms with Crippen molar-refractivity contribution in [3.8, 4) is 0 Å². The molecule has 0 atom stereocenters. The standard InChI is InChI=1S/C12H20O3/c1-6-7-14-8-10(2)11(13)15-9-12(3,4)5/h6H,1-2,7-9H2,3-5H3. The molecule has 0 saturated carbocycles. The Kier molecular flexibility index (Phi) is 5.94. The second-order valence-corrected chi connectivity index (χ2v) is 4.54. The fourth-order valence-electron chi connectivity index (χ4n) is 0.708. The Bertz CT molecular complexity index is 236. The van der Waals surface area contributed by atoms with Crippen LogP contribution in [0.4, 0.5) is 0 Å². The summed E-state index contributed by atoms with van der Waals surface area (Å²) in [7, 11) is 0. The first kappa shape index (κ1) is 13.9. The van der Waals surface area contributed by atoms with Crippen LogP contribution < -0.4 is 0 Å². The summed E-state index contributed by atoms with van der Waals surface area (Å²) in [5, 5.41) is 0. The third-order valence-corrected chi connectivity index (χ3v) is 1.44. The summed E-state index contributed by atoms with van der Waals surface area (Å²) in [6.45, 7) is 14.1. The smallest absolute Gasteiger partial charge is 0.335 e. The third-order valence-electron chi connectivity index (χ3n) is 1.44. The zero-order valence-electron chi connectivity index (χ0n) is 9.84. The van der Waals surface area contributed by atoms with E-state index in [9.17, 15) is 4.79 Å². The van der Waals surface area contributed by atoms with Gasteiger partial charge >= 0.3 is 5.97 Å². The number of carbonyl (C=O) groups excluding carboxylic acids is 1. The Hall–Kier alpha value is -1.09. The summed E-state index contributed by atoms with van der Waals surface area (Å²) >= 11 is 0. The molecule has 15 heavy (non-hydrogen) atoms. The predicted octanol–water partition coefficient (Wildman–Crippen LogP) is 2.33. The molecule has 0 heterocycles. The van der Waals surface area contributed by atoms with Crippen molar-refractivity contribution in [2.45, 2.75) is 20.8 Å². The van der Waals surface area contributed by atoms with E-state index in [0.29, 0.717) is 18.8 Å². The van der Waals surface area contributed by atoms with Crippen LogP contribution in [0.2, 0.25) is 0 Å². The number of carbonyl (C=O) groups is 1. The number of esters is 1. The zero-order chi connectivity index (χ0) is 11.9. The van der Waals surface area contributed by atoms with Crippen molar-refractivity contribution < 1.29 is 14.3 Å². The molecule has 0 rings (SSSR count). The maximum Gasteiger partial charge on any atom is 0.335 e. The SMILES string of the molecule is C=CCOCC(=C)C(=O)OCC(C)(C)C. The number of hydrogen-bond donors (Lipinski definition) is 0. The zero-order valence-corrected chi connectivity index (χ0v) is 9.84. The fourth-order valence-corrected chi connectivity index (χ4v) is 0.708. The molecule has 0 unspecified atom stereocenters. The molecule has 0 aromatic carbocycles. The molecule has 3 heteroatoms.